The number of anilines is 1. The summed E-state index contributed by atoms with van der Waals surface area (Å²) in [5.41, 5.74) is 6.02. The van der Waals surface area contributed by atoms with Crippen LogP contribution in [0.4, 0.5) is 11.4 Å². The SMILES string of the molecule is CCN(CC)CCS(=O)(=O)c1ccc(N=CC2CNc3ccc4ncsc4c32)cc1. The third-order valence-corrected chi connectivity index (χ3v) is 8.18. The van der Waals surface area contributed by atoms with Crippen molar-refractivity contribution >= 4 is 49.0 Å². The first-order chi connectivity index (χ1) is 14.5. The summed E-state index contributed by atoms with van der Waals surface area (Å²) < 4.78 is 26.4. The molecule has 6 nitrogen and oxygen atoms in total. The van der Waals surface area contributed by atoms with Crippen molar-refractivity contribution in [2.45, 2.75) is 24.7 Å². The Hall–Kier alpha value is -2.29. The first kappa shape index (κ1) is 21.0. The second kappa shape index (κ2) is 8.83. The van der Waals surface area contributed by atoms with Crippen LogP contribution in [0.25, 0.3) is 10.2 Å². The number of aromatic nitrogens is 1. The van der Waals surface area contributed by atoms with Gasteiger partial charge in [-0.05, 0) is 49.5 Å². The molecule has 8 heteroatoms. The summed E-state index contributed by atoms with van der Waals surface area (Å²) in [6.07, 6.45) is 1.95. The smallest absolute Gasteiger partial charge is 0.179 e. The summed E-state index contributed by atoms with van der Waals surface area (Å²) in [6.45, 7) is 7.14. The van der Waals surface area contributed by atoms with Gasteiger partial charge in [-0.3, -0.25) is 4.99 Å². The van der Waals surface area contributed by atoms with Gasteiger partial charge in [0.1, 0.15) is 0 Å². The van der Waals surface area contributed by atoms with E-state index < -0.39 is 9.84 Å². The lowest BCUT2D eigenvalue weighted by molar-refractivity contribution is 0.321. The minimum Gasteiger partial charge on any atom is -0.384 e. The van der Waals surface area contributed by atoms with Crippen molar-refractivity contribution < 1.29 is 8.42 Å². The molecule has 158 valence electrons. The molecule has 30 heavy (non-hydrogen) atoms. The molecule has 0 radical (unpaired) electrons. The molecule has 1 aliphatic rings. The summed E-state index contributed by atoms with van der Waals surface area (Å²) in [6, 6.07) is 11.0. The Balaban J connectivity index is 1.47. The molecular formula is C22H26N4O2S2. The van der Waals surface area contributed by atoms with Gasteiger partial charge in [0.15, 0.2) is 9.84 Å². The number of aliphatic imine (C=N–C) groups is 1. The molecule has 0 aliphatic carbocycles. The topological polar surface area (TPSA) is 74.7 Å². The molecule has 4 rings (SSSR count). The van der Waals surface area contributed by atoms with E-state index in [1.807, 2.05) is 31.6 Å². The fourth-order valence-corrected chi connectivity index (χ4v) is 5.93. The highest BCUT2D eigenvalue weighted by Gasteiger charge is 2.24. The number of thiazole rings is 1. The predicted octanol–water partition coefficient (Wildman–Crippen LogP) is 4.32. The van der Waals surface area contributed by atoms with Crippen LogP contribution in [0.15, 0.2) is 51.8 Å². The van der Waals surface area contributed by atoms with Gasteiger partial charge in [0, 0.05) is 36.5 Å². The highest BCUT2D eigenvalue weighted by Crippen LogP contribution is 2.38. The zero-order valence-corrected chi connectivity index (χ0v) is 18.8. The van der Waals surface area contributed by atoms with Crippen molar-refractivity contribution in [3.05, 3.63) is 47.5 Å². The van der Waals surface area contributed by atoms with E-state index in [0.717, 1.165) is 36.5 Å². The maximum absolute atomic E-state index is 12.6. The van der Waals surface area contributed by atoms with Gasteiger partial charge < -0.3 is 10.2 Å². The largest absolute Gasteiger partial charge is 0.384 e. The van der Waals surface area contributed by atoms with E-state index in [9.17, 15) is 8.42 Å². The van der Waals surface area contributed by atoms with E-state index in [0.29, 0.717) is 11.4 Å². The van der Waals surface area contributed by atoms with Crippen LogP contribution in [-0.2, 0) is 9.84 Å². The van der Waals surface area contributed by atoms with Gasteiger partial charge in [0.2, 0.25) is 0 Å². The quantitative estimate of drug-likeness (QED) is 0.526. The van der Waals surface area contributed by atoms with Crippen LogP contribution in [0.2, 0.25) is 0 Å². The normalized spacial score (nSPS) is 16.4. The van der Waals surface area contributed by atoms with Crippen LogP contribution < -0.4 is 5.32 Å². The molecule has 0 saturated heterocycles. The minimum atomic E-state index is -3.29. The fraction of sp³-hybridized carbons (Fsp3) is 0.364. The molecule has 0 spiro atoms. The minimum absolute atomic E-state index is 0.132. The average Bonchev–Trinajstić information content (AvgIpc) is 3.39. The molecule has 0 bridgehead atoms. The number of fused-ring (bicyclic) bond motifs is 3. The first-order valence-electron chi connectivity index (χ1n) is 10.2. The first-order valence-corrected chi connectivity index (χ1v) is 12.7. The van der Waals surface area contributed by atoms with E-state index in [1.165, 1.54) is 10.3 Å². The molecule has 1 aromatic heterocycles. The van der Waals surface area contributed by atoms with Crippen LogP contribution in [0, 0.1) is 0 Å². The van der Waals surface area contributed by atoms with Crippen molar-refractivity contribution in [1.29, 1.82) is 0 Å². The molecule has 1 unspecified atom stereocenters. The Bertz CT molecular complexity index is 1150. The summed E-state index contributed by atoms with van der Waals surface area (Å²) in [5, 5.41) is 3.43. The van der Waals surface area contributed by atoms with Gasteiger partial charge >= 0.3 is 0 Å². The fourth-order valence-electron chi connectivity index (χ4n) is 3.74. The van der Waals surface area contributed by atoms with Gasteiger partial charge in [-0.25, -0.2) is 13.4 Å². The van der Waals surface area contributed by atoms with Crippen molar-refractivity contribution in [2.75, 3.05) is 37.2 Å². The Morgan fingerprint density at radius 1 is 1.20 bits per heavy atom. The molecule has 1 aliphatic heterocycles. The Labute approximate surface area is 181 Å². The van der Waals surface area contributed by atoms with Crippen LogP contribution in [0.3, 0.4) is 0 Å². The molecule has 2 heterocycles. The lowest BCUT2D eigenvalue weighted by Crippen LogP contribution is -2.29. The maximum atomic E-state index is 12.6. The van der Waals surface area contributed by atoms with Crippen molar-refractivity contribution in [1.82, 2.24) is 9.88 Å². The van der Waals surface area contributed by atoms with Crippen molar-refractivity contribution in [3.63, 3.8) is 0 Å². The number of nitrogens with one attached hydrogen (secondary N) is 1. The van der Waals surface area contributed by atoms with Gasteiger partial charge in [0.25, 0.3) is 0 Å². The van der Waals surface area contributed by atoms with Crippen LogP contribution in [0.1, 0.15) is 25.3 Å². The molecule has 0 amide bonds. The van der Waals surface area contributed by atoms with E-state index in [1.54, 1.807) is 35.6 Å². The highest BCUT2D eigenvalue weighted by atomic mass is 32.2. The van der Waals surface area contributed by atoms with E-state index in [2.05, 4.69) is 26.3 Å². The lowest BCUT2D eigenvalue weighted by Gasteiger charge is -2.17. The van der Waals surface area contributed by atoms with Crippen LogP contribution >= 0.6 is 11.3 Å². The third kappa shape index (κ3) is 4.26. The van der Waals surface area contributed by atoms with Crippen molar-refractivity contribution in [2.24, 2.45) is 4.99 Å². The second-order valence-corrected chi connectivity index (χ2v) is 10.3. The van der Waals surface area contributed by atoms with Gasteiger partial charge in [0.05, 0.1) is 32.1 Å². The number of sulfone groups is 1. The zero-order valence-electron chi connectivity index (χ0n) is 17.2. The second-order valence-electron chi connectivity index (χ2n) is 7.33. The predicted molar refractivity (Wildman–Crippen MR) is 125 cm³/mol. The van der Waals surface area contributed by atoms with Crippen LogP contribution in [-0.4, -0.2) is 56.4 Å². The zero-order chi connectivity index (χ0) is 21.1. The standard InChI is InChI=1S/C22H26N4O2S2/c1-3-26(4-2)11-12-30(27,28)18-7-5-17(6-8-18)23-13-16-14-24-19-9-10-20-22(21(16)19)29-15-25-20/h5-10,13,15-16,24H,3-4,11-12,14H2,1-2H3. The molecule has 2 aromatic carbocycles. The third-order valence-electron chi connectivity index (χ3n) is 5.59. The number of benzene rings is 2. The Kier molecular flexibility index (Phi) is 6.17. The lowest BCUT2D eigenvalue weighted by atomic mass is 10.0. The number of nitrogens with zero attached hydrogens (tertiary/aromatic N) is 3. The van der Waals surface area contributed by atoms with Crippen LogP contribution in [0.5, 0.6) is 0 Å². The van der Waals surface area contributed by atoms with Gasteiger partial charge in [-0.15, -0.1) is 11.3 Å². The van der Waals surface area contributed by atoms with Gasteiger partial charge in [-0.1, -0.05) is 13.8 Å². The number of hydrogen-bond donors (Lipinski definition) is 1. The van der Waals surface area contributed by atoms with Crippen molar-refractivity contribution in [3.8, 4) is 0 Å². The van der Waals surface area contributed by atoms with E-state index >= 15 is 0 Å². The summed E-state index contributed by atoms with van der Waals surface area (Å²) in [7, 11) is -3.29. The van der Waals surface area contributed by atoms with E-state index in [-0.39, 0.29) is 11.7 Å². The molecule has 0 saturated carbocycles. The molecule has 3 aromatic rings. The Morgan fingerprint density at radius 2 is 1.97 bits per heavy atom. The van der Waals surface area contributed by atoms with Gasteiger partial charge in [-0.2, -0.15) is 0 Å². The highest BCUT2D eigenvalue weighted by molar-refractivity contribution is 7.91. The summed E-state index contributed by atoms with van der Waals surface area (Å²) in [5.74, 6) is 0.300. The molecule has 1 atom stereocenters. The Morgan fingerprint density at radius 3 is 2.70 bits per heavy atom. The summed E-state index contributed by atoms with van der Waals surface area (Å²) in [4.78, 5) is 11.5. The molecule has 0 fully saturated rings. The maximum Gasteiger partial charge on any atom is 0.179 e. The number of hydrogen-bond acceptors (Lipinski definition) is 7. The number of rotatable bonds is 8. The average molecular weight is 443 g/mol. The monoisotopic (exact) mass is 442 g/mol. The molecular weight excluding hydrogens is 416 g/mol. The molecule has 1 N–H and O–H groups in total. The van der Waals surface area contributed by atoms with E-state index in [4.69, 9.17) is 0 Å². The summed E-state index contributed by atoms with van der Waals surface area (Å²) >= 11 is 1.65.